The predicted octanol–water partition coefficient (Wildman–Crippen LogP) is 4.25. The SMILES string of the molecule is Cn1c(SCC(=O)Nc2cccc(Cl)c2)nnc1C1CCCCC1. The number of hydrogen-bond donors (Lipinski definition) is 1. The lowest BCUT2D eigenvalue weighted by Crippen LogP contribution is -2.14. The number of benzene rings is 1. The zero-order valence-corrected chi connectivity index (χ0v) is 15.2. The quantitative estimate of drug-likeness (QED) is 0.806. The normalized spacial score (nSPS) is 15.4. The van der Waals surface area contributed by atoms with Crippen molar-refractivity contribution in [3.63, 3.8) is 0 Å². The summed E-state index contributed by atoms with van der Waals surface area (Å²) in [6, 6.07) is 7.13. The standard InChI is InChI=1S/C17H21ClN4OS/c1-22-16(12-6-3-2-4-7-12)20-21-17(22)24-11-15(23)19-14-9-5-8-13(18)10-14/h5,8-10,12H,2-4,6-7,11H2,1H3,(H,19,23). The van der Waals surface area contributed by atoms with Gasteiger partial charge in [-0.05, 0) is 31.0 Å². The van der Waals surface area contributed by atoms with Crippen LogP contribution in [0.5, 0.6) is 0 Å². The zero-order valence-electron chi connectivity index (χ0n) is 13.7. The van der Waals surface area contributed by atoms with Crippen LogP contribution in [-0.4, -0.2) is 26.4 Å². The first-order valence-electron chi connectivity index (χ1n) is 8.21. The molecule has 0 spiro atoms. The molecule has 2 aromatic rings. The first-order valence-corrected chi connectivity index (χ1v) is 9.57. The van der Waals surface area contributed by atoms with Crippen LogP contribution in [0.25, 0.3) is 0 Å². The van der Waals surface area contributed by atoms with Crippen LogP contribution in [0.4, 0.5) is 5.69 Å². The van der Waals surface area contributed by atoms with Crippen LogP contribution in [-0.2, 0) is 11.8 Å². The number of rotatable bonds is 5. The molecule has 1 fully saturated rings. The molecule has 0 saturated heterocycles. The van der Waals surface area contributed by atoms with Crippen LogP contribution in [0.15, 0.2) is 29.4 Å². The summed E-state index contributed by atoms with van der Waals surface area (Å²) in [5.41, 5.74) is 0.703. The highest BCUT2D eigenvalue weighted by atomic mass is 35.5. The van der Waals surface area contributed by atoms with Crippen molar-refractivity contribution in [3.05, 3.63) is 35.1 Å². The van der Waals surface area contributed by atoms with Crippen molar-refractivity contribution in [1.29, 1.82) is 0 Å². The van der Waals surface area contributed by atoms with E-state index in [1.807, 2.05) is 23.7 Å². The molecule has 0 aliphatic heterocycles. The van der Waals surface area contributed by atoms with Gasteiger partial charge in [-0.25, -0.2) is 0 Å². The molecule has 128 valence electrons. The smallest absolute Gasteiger partial charge is 0.234 e. The van der Waals surface area contributed by atoms with Gasteiger partial charge >= 0.3 is 0 Å². The highest BCUT2D eigenvalue weighted by Crippen LogP contribution is 2.32. The largest absolute Gasteiger partial charge is 0.325 e. The number of thioether (sulfide) groups is 1. The second kappa shape index (κ2) is 8.03. The molecule has 7 heteroatoms. The van der Waals surface area contributed by atoms with Crippen molar-refractivity contribution in [2.24, 2.45) is 7.05 Å². The summed E-state index contributed by atoms with van der Waals surface area (Å²) in [5.74, 6) is 1.77. The summed E-state index contributed by atoms with van der Waals surface area (Å²) < 4.78 is 2.04. The number of nitrogens with one attached hydrogen (secondary N) is 1. The molecule has 5 nitrogen and oxygen atoms in total. The van der Waals surface area contributed by atoms with E-state index < -0.39 is 0 Å². The first-order chi connectivity index (χ1) is 11.6. The van der Waals surface area contributed by atoms with Crippen LogP contribution >= 0.6 is 23.4 Å². The molecule has 1 amide bonds. The zero-order chi connectivity index (χ0) is 16.9. The Bertz CT molecular complexity index is 712. The van der Waals surface area contributed by atoms with Crippen molar-refractivity contribution in [1.82, 2.24) is 14.8 Å². The van der Waals surface area contributed by atoms with Crippen molar-refractivity contribution >= 4 is 35.0 Å². The minimum absolute atomic E-state index is 0.0792. The first kappa shape index (κ1) is 17.3. The number of anilines is 1. The third-order valence-corrected chi connectivity index (χ3v) is 5.53. The Kier molecular flexibility index (Phi) is 5.79. The number of carbonyl (C=O) groups is 1. The van der Waals surface area contributed by atoms with Crippen LogP contribution in [0.1, 0.15) is 43.8 Å². The maximum Gasteiger partial charge on any atom is 0.234 e. The maximum atomic E-state index is 12.1. The van der Waals surface area contributed by atoms with E-state index in [4.69, 9.17) is 11.6 Å². The topological polar surface area (TPSA) is 59.8 Å². The van der Waals surface area contributed by atoms with Gasteiger partial charge in [0.1, 0.15) is 5.82 Å². The Morgan fingerprint density at radius 3 is 2.88 bits per heavy atom. The summed E-state index contributed by atoms with van der Waals surface area (Å²) in [4.78, 5) is 12.1. The fourth-order valence-electron chi connectivity index (χ4n) is 3.06. The lowest BCUT2D eigenvalue weighted by molar-refractivity contribution is -0.113. The molecule has 0 bridgehead atoms. The van der Waals surface area contributed by atoms with Crippen molar-refractivity contribution in [3.8, 4) is 0 Å². The molecule has 1 aliphatic rings. The molecule has 1 saturated carbocycles. The van der Waals surface area contributed by atoms with E-state index in [-0.39, 0.29) is 5.91 Å². The molecule has 24 heavy (non-hydrogen) atoms. The fraction of sp³-hybridized carbons (Fsp3) is 0.471. The molecular formula is C17H21ClN4OS. The summed E-state index contributed by atoms with van der Waals surface area (Å²) in [5, 5.41) is 12.8. The fourth-order valence-corrected chi connectivity index (χ4v) is 3.97. The average Bonchev–Trinajstić information content (AvgIpc) is 2.94. The van der Waals surface area contributed by atoms with Crippen molar-refractivity contribution in [2.45, 2.75) is 43.2 Å². The highest BCUT2D eigenvalue weighted by molar-refractivity contribution is 7.99. The molecule has 1 heterocycles. The predicted molar refractivity (Wildman–Crippen MR) is 97.6 cm³/mol. The van der Waals surface area contributed by atoms with Gasteiger partial charge in [0, 0.05) is 23.7 Å². The maximum absolute atomic E-state index is 12.1. The molecule has 1 aromatic heterocycles. The number of nitrogens with zero attached hydrogens (tertiary/aromatic N) is 3. The number of hydrogen-bond acceptors (Lipinski definition) is 4. The van der Waals surface area contributed by atoms with E-state index in [2.05, 4.69) is 15.5 Å². The van der Waals surface area contributed by atoms with Gasteiger partial charge in [0.15, 0.2) is 5.16 Å². The Hall–Kier alpha value is -1.53. The molecular weight excluding hydrogens is 344 g/mol. The lowest BCUT2D eigenvalue weighted by atomic mass is 9.89. The molecule has 0 radical (unpaired) electrons. The minimum atomic E-state index is -0.0792. The highest BCUT2D eigenvalue weighted by Gasteiger charge is 2.22. The van der Waals surface area contributed by atoms with E-state index >= 15 is 0 Å². The Balaban J connectivity index is 1.56. The van der Waals surface area contributed by atoms with E-state index in [0.29, 0.717) is 22.4 Å². The third-order valence-electron chi connectivity index (χ3n) is 4.28. The van der Waals surface area contributed by atoms with E-state index in [1.165, 1.54) is 43.9 Å². The minimum Gasteiger partial charge on any atom is -0.325 e. The second-order valence-electron chi connectivity index (χ2n) is 6.08. The monoisotopic (exact) mass is 364 g/mol. The summed E-state index contributed by atoms with van der Waals surface area (Å²) in [6.07, 6.45) is 6.22. The molecule has 1 aromatic carbocycles. The van der Waals surface area contributed by atoms with E-state index in [9.17, 15) is 4.79 Å². The van der Waals surface area contributed by atoms with Crippen LogP contribution < -0.4 is 5.32 Å². The van der Waals surface area contributed by atoms with Gasteiger partial charge in [-0.15, -0.1) is 10.2 Å². The van der Waals surface area contributed by atoms with Crippen molar-refractivity contribution < 1.29 is 4.79 Å². The van der Waals surface area contributed by atoms with Gasteiger partial charge in [-0.1, -0.05) is 48.7 Å². The second-order valence-corrected chi connectivity index (χ2v) is 7.46. The van der Waals surface area contributed by atoms with Crippen molar-refractivity contribution in [2.75, 3.05) is 11.1 Å². The molecule has 0 atom stereocenters. The van der Waals surface area contributed by atoms with Gasteiger partial charge in [-0.3, -0.25) is 4.79 Å². The molecule has 1 N–H and O–H groups in total. The van der Waals surface area contributed by atoms with Gasteiger partial charge in [0.05, 0.1) is 5.75 Å². The van der Waals surface area contributed by atoms with Crippen LogP contribution in [0.2, 0.25) is 5.02 Å². The number of aromatic nitrogens is 3. The summed E-state index contributed by atoms with van der Waals surface area (Å²) in [6.45, 7) is 0. The Morgan fingerprint density at radius 2 is 2.12 bits per heavy atom. The Labute approximate surface area is 151 Å². The number of halogens is 1. The number of carbonyl (C=O) groups excluding carboxylic acids is 1. The third kappa shape index (κ3) is 4.30. The lowest BCUT2D eigenvalue weighted by Gasteiger charge is -2.20. The van der Waals surface area contributed by atoms with Crippen LogP contribution in [0, 0.1) is 0 Å². The average molecular weight is 365 g/mol. The molecule has 1 aliphatic carbocycles. The van der Waals surface area contributed by atoms with Gasteiger partial charge < -0.3 is 9.88 Å². The van der Waals surface area contributed by atoms with Gasteiger partial charge in [0.2, 0.25) is 5.91 Å². The van der Waals surface area contributed by atoms with Gasteiger partial charge in [0.25, 0.3) is 0 Å². The Morgan fingerprint density at radius 1 is 1.33 bits per heavy atom. The molecule has 3 rings (SSSR count). The summed E-state index contributed by atoms with van der Waals surface area (Å²) >= 11 is 7.33. The van der Waals surface area contributed by atoms with E-state index in [1.54, 1.807) is 12.1 Å². The number of amides is 1. The summed E-state index contributed by atoms with van der Waals surface area (Å²) in [7, 11) is 1.99. The van der Waals surface area contributed by atoms with Crippen LogP contribution in [0.3, 0.4) is 0 Å². The van der Waals surface area contributed by atoms with Gasteiger partial charge in [-0.2, -0.15) is 0 Å². The molecule has 0 unspecified atom stereocenters. The van der Waals surface area contributed by atoms with E-state index in [0.717, 1.165) is 11.0 Å².